The van der Waals surface area contributed by atoms with Crippen LogP contribution in [0.4, 0.5) is 0 Å². The lowest BCUT2D eigenvalue weighted by Crippen LogP contribution is -2.03. The average molecular weight is 551 g/mol. The van der Waals surface area contributed by atoms with E-state index in [1.54, 1.807) is 0 Å². The molecule has 4 aromatic heterocycles. The molecule has 0 N–H and O–H groups in total. The van der Waals surface area contributed by atoms with Crippen molar-refractivity contribution in [1.82, 2.24) is 19.1 Å². The van der Waals surface area contributed by atoms with Crippen molar-refractivity contribution in [3.63, 3.8) is 0 Å². The van der Waals surface area contributed by atoms with Crippen LogP contribution in [0.1, 0.15) is 0 Å². The Kier molecular flexibility index (Phi) is 4.39. The average Bonchev–Trinajstić information content (AvgIpc) is 3.72. The largest absolute Gasteiger partial charge is 0.454 e. The van der Waals surface area contributed by atoms with Crippen LogP contribution in [0.2, 0.25) is 0 Å². The van der Waals surface area contributed by atoms with Crippen molar-refractivity contribution in [3.8, 4) is 11.5 Å². The summed E-state index contributed by atoms with van der Waals surface area (Å²) in [5.41, 5.74) is 8.78. The Labute approximate surface area is 244 Å². The van der Waals surface area contributed by atoms with E-state index in [-0.39, 0.29) is 0 Å². The minimum atomic E-state index is 0.766. The molecule has 0 radical (unpaired) electrons. The van der Waals surface area contributed by atoms with E-state index >= 15 is 0 Å². The van der Waals surface area contributed by atoms with Gasteiger partial charge in [-0.2, -0.15) is 0 Å². The SMILES string of the molecule is c1ccc2nc(-n3c4ccccc4c4cc5c(oc6ccccc65)c(-n5c6ccccc6c6ccccc65)c43)cnc2c1. The fourth-order valence-electron chi connectivity index (χ4n) is 6.94. The molecule has 10 aromatic rings. The zero-order valence-electron chi connectivity index (χ0n) is 22.9. The summed E-state index contributed by atoms with van der Waals surface area (Å²) in [6, 6.07) is 44.4. The smallest absolute Gasteiger partial charge is 0.161 e. The molecule has 0 fully saturated rings. The van der Waals surface area contributed by atoms with Crippen LogP contribution in [0.25, 0.3) is 88.1 Å². The third kappa shape index (κ3) is 3.00. The lowest BCUT2D eigenvalue weighted by atomic mass is 10.1. The van der Waals surface area contributed by atoms with Crippen LogP contribution in [-0.4, -0.2) is 19.1 Å². The molecule has 0 saturated carbocycles. The molecular weight excluding hydrogens is 528 g/mol. The number of furan rings is 1. The molecule has 5 heteroatoms. The molecular formula is C38H22N4O. The standard InChI is InChI=1S/C38H22N4O/c1-7-17-31-23(11-1)24-12-2-8-18-32(24)41(31)37-36-27(21-28-26-14-4-10-20-34(26)43-38(28)37)25-13-3-9-19-33(25)42(36)35-22-39-29-15-5-6-16-30(29)40-35/h1-22H. The molecule has 0 aliphatic rings. The van der Waals surface area contributed by atoms with E-state index in [0.717, 1.165) is 77.3 Å². The summed E-state index contributed by atoms with van der Waals surface area (Å²) in [7, 11) is 0. The van der Waals surface area contributed by atoms with Crippen molar-refractivity contribution >= 4 is 76.6 Å². The van der Waals surface area contributed by atoms with Gasteiger partial charge in [0.25, 0.3) is 0 Å². The Morgan fingerprint density at radius 2 is 1.05 bits per heavy atom. The highest BCUT2D eigenvalue weighted by atomic mass is 16.3. The van der Waals surface area contributed by atoms with E-state index in [9.17, 15) is 0 Å². The topological polar surface area (TPSA) is 48.8 Å². The van der Waals surface area contributed by atoms with E-state index in [1.807, 2.05) is 36.5 Å². The highest BCUT2D eigenvalue weighted by Crippen LogP contribution is 2.45. The maximum Gasteiger partial charge on any atom is 0.161 e. The first kappa shape index (κ1) is 22.7. The van der Waals surface area contributed by atoms with Gasteiger partial charge in [-0.25, -0.2) is 4.98 Å². The molecule has 10 rings (SSSR count). The Morgan fingerprint density at radius 1 is 0.488 bits per heavy atom. The second-order valence-corrected chi connectivity index (χ2v) is 11.0. The lowest BCUT2D eigenvalue weighted by Gasteiger charge is -2.14. The number of nitrogens with zero attached hydrogens (tertiary/aromatic N) is 4. The molecule has 200 valence electrons. The molecule has 0 atom stereocenters. The van der Waals surface area contributed by atoms with Gasteiger partial charge < -0.3 is 8.98 Å². The second kappa shape index (κ2) is 8.30. The first-order chi connectivity index (χ1) is 21.3. The van der Waals surface area contributed by atoms with Crippen molar-refractivity contribution in [3.05, 3.63) is 134 Å². The highest BCUT2D eigenvalue weighted by Gasteiger charge is 2.25. The van der Waals surface area contributed by atoms with E-state index in [1.165, 1.54) is 10.8 Å². The monoisotopic (exact) mass is 550 g/mol. The number of hydrogen-bond acceptors (Lipinski definition) is 3. The highest BCUT2D eigenvalue weighted by molar-refractivity contribution is 6.23. The molecule has 0 spiro atoms. The minimum Gasteiger partial charge on any atom is -0.454 e. The van der Waals surface area contributed by atoms with Crippen LogP contribution in [0.3, 0.4) is 0 Å². The zero-order chi connectivity index (χ0) is 28.1. The van der Waals surface area contributed by atoms with E-state index in [0.29, 0.717) is 0 Å². The molecule has 0 amide bonds. The minimum absolute atomic E-state index is 0.766. The van der Waals surface area contributed by atoms with Crippen LogP contribution in [-0.2, 0) is 0 Å². The van der Waals surface area contributed by atoms with Crippen LogP contribution in [0, 0.1) is 0 Å². The van der Waals surface area contributed by atoms with E-state index < -0.39 is 0 Å². The van der Waals surface area contributed by atoms with Gasteiger partial charge in [-0.05, 0) is 42.5 Å². The molecule has 0 aliphatic heterocycles. The summed E-state index contributed by atoms with van der Waals surface area (Å²) in [5.74, 6) is 0.766. The number of aromatic nitrogens is 4. The summed E-state index contributed by atoms with van der Waals surface area (Å²) < 4.78 is 11.4. The predicted molar refractivity (Wildman–Crippen MR) is 175 cm³/mol. The fraction of sp³-hybridized carbons (Fsp3) is 0. The molecule has 5 nitrogen and oxygen atoms in total. The maximum absolute atomic E-state index is 6.80. The van der Waals surface area contributed by atoms with E-state index in [2.05, 4.69) is 106 Å². The molecule has 0 bridgehead atoms. The number of benzene rings is 6. The van der Waals surface area contributed by atoms with Crippen LogP contribution >= 0.6 is 0 Å². The summed E-state index contributed by atoms with van der Waals surface area (Å²) in [4.78, 5) is 9.98. The lowest BCUT2D eigenvalue weighted by molar-refractivity contribution is 0.667. The Morgan fingerprint density at radius 3 is 1.77 bits per heavy atom. The third-order valence-electron chi connectivity index (χ3n) is 8.74. The Hall–Kier alpha value is -5.94. The number of rotatable bonds is 2. The predicted octanol–water partition coefficient (Wildman–Crippen LogP) is 9.72. The van der Waals surface area contributed by atoms with Gasteiger partial charge in [0.2, 0.25) is 0 Å². The van der Waals surface area contributed by atoms with Gasteiger partial charge in [0, 0.05) is 32.3 Å². The summed E-state index contributed by atoms with van der Waals surface area (Å²) in [6.45, 7) is 0. The number of para-hydroxylation sites is 6. The van der Waals surface area contributed by atoms with Crippen LogP contribution in [0.15, 0.2) is 138 Å². The Balaban J connectivity index is 1.50. The molecule has 4 heterocycles. The van der Waals surface area contributed by atoms with Gasteiger partial charge in [-0.1, -0.05) is 84.9 Å². The van der Waals surface area contributed by atoms with Crippen LogP contribution in [0.5, 0.6) is 0 Å². The fourth-order valence-corrected chi connectivity index (χ4v) is 6.94. The normalized spacial score (nSPS) is 12.2. The van der Waals surface area contributed by atoms with Crippen LogP contribution < -0.4 is 0 Å². The van der Waals surface area contributed by atoms with Gasteiger partial charge in [0.1, 0.15) is 11.3 Å². The van der Waals surface area contributed by atoms with Gasteiger partial charge in [-0.3, -0.25) is 9.55 Å². The van der Waals surface area contributed by atoms with Gasteiger partial charge in [0.05, 0.1) is 39.3 Å². The number of hydrogen-bond donors (Lipinski definition) is 0. The van der Waals surface area contributed by atoms with Gasteiger partial charge >= 0.3 is 0 Å². The van der Waals surface area contributed by atoms with Crippen molar-refractivity contribution in [2.24, 2.45) is 0 Å². The van der Waals surface area contributed by atoms with Crippen molar-refractivity contribution in [2.75, 3.05) is 0 Å². The summed E-state index contributed by atoms with van der Waals surface area (Å²) in [6.07, 6.45) is 1.88. The van der Waals surface area contributed by atoms with Gasteiger partial charge in [-0.15, -0.1) is 0 Å². The van der Waals surface area contributed by atoms with Crippen molar-refractivity contribution < 1.29 is 4.42 Å². The van der Waals surface area contributed by atoms with Gasteiger partial charge in [0.15, 0.2) is 11.4 Å². The first-order valence-corrected chi connectivity index (χ1v) is 14.4. The molecule has 0 unspecified atom stereocenters. The second-order valence-electron chi connectivity index (χ2n) is 11.0. The van der Waals surface area contributed by atoms with Crippen molar-refractivity contribution in [2.45, 2.75) is 0 Å². The number of fused-ring (bicyclic) bond motifs is 10. The quantitative estimate of drug-likeness (QED) is 0.215. The molecule has 6 aromatic carbocycles. The molecule has 43 heavy (non-hydrogen) atoms. The maximum atomic E-state index is 6.80. The summed E-state index contributed by atoms with van der Waals surface area (Å²) >= 11 is 0. The molecule has 0 saturated heterocycles. The Bertz CT molecular complexity index is 2690. The summed E-state index contributed by atoms with van der Waals surface area (Å²) in [5, 5.41) is 6.89. The zero-order valence-corrected chi connectivity index (χ0v) is 22.9. The molecule has 0 aliphatic carbocycles. The van der Waals surface area contributed by atoms with E-state index in [4.69, 9.17) is 14.4 Å². The third-order valence-corrected chi connectivity index (χ3v) is 8.74. The van der Waals surface area contributed by atoms with Crippen molar-refractivity contribution in [1.29, 1.82) is 0 Å². The first-order valence-electron chi connectivity index (χ1n) is 14.4.